The molecule has 0 aromatic carbocycles. The van der Waals surface area contributed by atoms with Gasteiger partial charge in [0.05, 0.1) is 13.2 Å². The van der Waals surface area contributed by atoms with Crippen LogP contribution >= 0.6 is 7.82 Å². The summed E-state index contributed by atoms with van der Waals surface area (Å²) < 4.78 is 32.6. The van der Waals surface area contributed by atoms with E-state index in [0.717, 1.165) is 57.8 Å². The molecule has 0 aliphatic rings. The zero-order chi connectivity index (χ0) is 38.5. The molecule has 0 aliphatic carbocycles. The first-order valence-electron chi connectivity index (χ1n) is 20.7. The molecule has 0 aromatic rings. The van der Waals surface area contributed by atoms with Crippen LogP contribution in [0.4, 0.5) is 0 Å². The highest BCUT2D eigenvalue weighted by Gasteiger charge is 2.28. The SMILES string of the molecule is CCCCCCCCC/C=C\CCCCCCCC(=O)O[C@H](COC(=O)CCCCCCCCCCCCCC)COP(=O)(O)OC[C@H](N)C(=O)O. The minimum atomic E-state index is -4.71. The van der Waals surface area contributed by atoms with Gasteiger partial charge in [-0.3, -0.25) is 23.4 Å². The summed E-state index contributed by atoms with van der Waals surface area (Å²) in [5.41, 5.74) is 5.32. The highest BCUT2D eigenvalue weighted by molar-refractivity contribution is 7.47. The maximum atomic E-state index is 12.6. The number of carbonyl (C=O) groups is 3. The van der Waals surface area contributed by atoms with Gasteiger partial charge in [-0.05, 0) is 38.5 Å². The number of rotatable bonds is 39. The first-order chi connectivity index (χ1) is 25.1. The molecule has 0 saturated heterocycles. The van der Waals surface area contributed by atoms with Crippen molar-refractivity contribution in [2.75, 3.05) is 19.8 Å². The van der Waals surface area contributed by atoms with Crippen LogP contribution in [0.2, 0.25) is 0 Å². The van der Waals surface area contributed by atoms with Gasteiger partial charge in [0.25, 0.3) is 0 Å². The third kappa shape index (κ3) is 35.3. The van der Waals surface area contributed by atoms with E-state index >= 15 is 0 Å². The number of phosphoric ester groups is 1. The maximum absolute atomic E-state index is 12.6. The van der Waals surface area contributed by atoms with Crippen LogP contribution in [0.5, 0.6) is 0 Å². The average molecular weight is 762 g/mol. The van der Waals surface area contributed by atoms with Crippen LogP contribution in [-0.4, -0.2) is 59.9 Å². The van der Waals surface area contributed by atoms with Crippen molar-refractivity contribution in [2.24, 2.45) is 5.73 Å². The Bertz CT molecular complexity index is 947. The van der Waals surface area contributed by atoms with Crippen LogP contribution in [-0.2, 0) is 37.5 Å². The second-order valence-corrected chi connectivity index (χ2v) is 15.6. The van der Waals surface area contributed by atoms with E-state index in [2.05, 4.69) is 30.5 Å². The normalized spacial score (nSPS) is 13.9. The van der Waals surface area contributed by atoms with Gasteiger partial charge in [0.15, 0.2) is 6.10 Å². The number of aliphatic carboxylic acids is 1. The number of hydrogen-bond donors (Lipinski definition) is 3. The smallest absolute Gasteiger partial charge is 0.472 e. The molecule has 0 spiro atoms. The van der Waals surface area contributed by atoms with Crippen LogP contribution in [0.25, 0.3) is 0 Å². The number of hydrogen-bond acceptors (Lipinski definition) is 9. The van der Waals surface area contributed by atoms with Gasteiger partial charge in [0.1, 0.15) is 12.6 Å². The molecule has 0 rings (SSSR count). The fourth-order valence-electron chi connectivity index (χ4n) is 5.71. The number of ether oxygens (including phenoxy) is 2. The van der Waals surface area contributed by atoms with Crippen LogP contribution < -0.4 is 5.73 Å². The van der Waals surface area contributed by atoms with Crippen LogP contribution in [0.1, 0.15) is 194 Å². The Kier molecular flexibility index (Phi) is 35.0. The predicted molar refractivity (Wildman–Crippen MR) is 208 cm³/mol. The molecular formula is C40H76NO10P. The molecule has 4 N–H and O–H groups in total. The van der Waals surface area contributed by atoms with Gasteiger partial charge in [-0.1, -0.05) is 154 Å². The second kappa shape index (κ2) is 36.2. The summed E-state index contributed by atoms with van der Waals surface area (Å²) in [6.07, 6.45) is 34.2. The molecule has 12 heteroatoms. The van der Waals surface area contributed by atoms with Crippen molar-refractivity contribution < 1.29 is 47.5 Å². The lowest BCUT2D eigenvalue weighted by Gasteiger charge is -2.20. The fraction of sp³-hybridized carbons (Fsp3) is 0.875. The van der Waals surface area contributed by atoms with E-state index < -0.39 is 51.1 Å². The third-order valence-corrected chi connectivity index (χ3v) is 9.96. The molecule has 3 atom stereocenters. The minimum absolute atomic E-state index is 0.155. The quantitative estimate of drug-likeness (QED) is 0.0235. The van der Waals surface area contributed by atoms with Gasteiger partial charge in [-0.2, -0.15) is 0 Å². The number of phosphoric acid groups is 1. The van der Waals surface area contributed by atoms with Crippen molar-refractivity contribution in [3.8, 4) is 0 Å². The van der Waals surface area contributed by atoms with Crippen molar-refractivity contribution in [3.05, 3.63) is 12.2 Å². The number of allylic oxidation sites excluding steroid dienone is 2. The number of esters is 2. The number of carbonyl (C=O) groups excluding carboxylic acids is 2. The Hall–Kier alpha value is -1.78. The molecule has 0 fully saturated rings. The summed E-state index contributed by atoms with van der Waals surface area (Å²) in [6.45, 7) is 2.79. The zero-order valence-corrected chi connectivity index (χ0v) is 33.8. The van der Waals surface area contributed by atoms with Crippen molar-refractivity contribution in [3.63, 3.8) is 0 Å². The van der Waals surface area contributed by atoms with Crippen LogP contribution in [0.15, 0.2) is 12.2 Å². The Morgan fingerprint density at radius 1 is 0.577 bits per heavy atom. The Balaban J connectivity index is 4.39. The molecule has 0 aliphatic heterocycles. The molecule has 0 amide bonds. The first-order valence-corrected chi connectivity index (χ1v) is 22.2. The summed E-state index contributed by atoms with van der Waals surface area (Å²) in [7, 11) is -4.71. The third-order valence-electron chi connectivity index (χ3n) is 9.01. The van der Waals surface area contributed by atoms with Crippen LogP contribution in [0.3, 0.4) is 0 Å². The van der Waals surface area contributed by atoms with E-state index in [0.29, 0.717) is 12.8 Å². The van der Waals surface area contributed by atoms with Gasteiger partial charge < -0.3 is 25.2 Å². The topological polar surface area (TPSA) is 172 Å². The second-order valence-electron chi connectivity index (χ2n) is 14.1. The van der Waals surface area contributed by atoms with Gasteiger partial charge >= 0.3 is 25.7 Å². The number of nitrogens with two attached hydrogens (primary N) is 1. The standard InChI is InChI=1S/C40H76NO10P/c1-3-5-7-9-11-13-15-17-18-19-20-22-24-26-28-30-32-39(43)51-36(34-49-52(46,47)50-35-37(41)40(44)45)33-48-38(42)31-29-27-25-23-21-16-14-12-10-8-6-4-2/h18-19,36-37H,3-17,20-35,41H2,1-2H3,(H,44,45)(H,46,47)/b19-18-/t36-,37+/m1/s1. The number of carboxylic acids is 1. The minimum Gasteiger partial charge on any atom is -0.480 e. The van der Waals surface area contributed by atoms with Gasteiger partial charge in [-0.25, -0.2) is 4.57 Å². The Labute approximate surface area is 316 Å². The molecule has 0 saturated carbocycles. The van der Waals surface area contributed by atoms with E-state index in [9.17, 15) is 23.8 Å². The van der Waals surface area contributed by atoms with Crippen molar-refractivity contribution in [1.29, 1.82) is 0 Å². The highest BCUT2D eigenvalue weighted by atomic mass is 31.2. The molecule has 0 aromatic heterocycles. The van der Waals surface area contributed by atoms with Gasteiger partial charge in [0, 0.05) is 12.8 Å². The van der Waals surface area contributed by atoms with E-state index in [1.54, 1.807) is 0 Å². The van der Waals surface area contributed by atoms with Crippen molar-refractivity contribution >= 4 is 25.7 Å². The Morgan fingerprint density at radius 2 is 0.962 bits per heavy atom. The van der Waals surface area contributed by atoms with E-state index in [1.165, 1.54) is 96.3 Å². The average Bonchev–Trinajstić information content (AvgIpc) is 3.12. The van der Waals surface area contributed by atoms with Crippen molar-refractivity contribution in [1.82, 2.24) is 0 Å². The highest BCUT2D eigenvalue weighted by Crippen LogP contribution is 2.43. The fourth-order valence-corrected chi connectivity index (χ4v) is 6.48. The molecule has 52 heavy (non-hydrogen) atoms. The predicted octanol–water partition coefficient (Wildman–Crippen LogP) is 10.5. The number of unbranched alkanes of at least 4 members (excludes halogenated alkanes) is 23. The lowest BCUT2D eigenvalue weighted by atomic mass is 10.0. The summed E-state index contributed by atoms with van der Waals surface area (Å²) in [5, 5.41) is 8.87. The summed E-state index contributed by atoms with van der Waals surface area (Å²) >= 11 is 0. The lowest BCUT2D eigenvalue weighted by Crippen LogP contribution is -2.34. The molecular weight excluding hydrogens is 685 g/mol. The zero-order valence-electron chi connectivity index (χ0n) is 32.9. The Morgan fingerprint density at radius 3 is 1.40 bits per heavy atom. The van der Waals surface area contributed by atoms with E-state index in [-0.39, 0.29) is 19.4 Å². The van der Waals surface area contributed by atoms with E-state index in [4.69, 9.17) is 24.8 Å². The van der Waals surface area contributed by atoms with Crippen molar-refractivity contribution in [2.45, 2.75) is 206 Å². The lowest BCUT2D eigenvalue weighted by molar-refractivity contribution is -0.161. The monoisotopic (exact) mass is 762 g/mol. The molecule has 11 nitrogen and oxygen atoms in total. The summed E-state index contributed by atoms with van der Waals surface area (Å²) in [4.78, 5) is 45.8. The number of carboxylic acid groups (broad SMARTS) is 1. The molecule has 1 unspecified atom stereocenters. The summed E-state index contributed by atoms with van der Waals surface area (Å²) in [5.74, 6) is -2.38. The van der Waals surface area contributed by atoms with Gasteiger partial charge in [0.2, 0.25) is 0 Å². The maximum Gasteiger partial charge on any atom is 0.472 e. The summed E-state index contributed by atoms with van der Waals surface area (Å²) in [6, 6.07) is -1.52. The van der Waals surface area contributed by atoms with Gasteiger partial charge in [-0.15, -0.1) is 0 Å². The van der Waals surface area contributed by atoms with Crippen LogP contribution in [0, 0.1) is 0 Å². The first kappa shape index (κ1) is 50.2. The molecule has 306 valence electrons. The molecule has 0 radical (unpaired) electrons. The largest absolute Gasteiger partial charge is 0.480 e. The molecule has 0 bridgehead atoms. The molecule has 0 heterocycles. The van der Waals surface area contributed by atoms with E-state index in [1.807, 2.05) is 0 Å².